The Kier molecular flexibility index (Phi) is 7.60. The average molecular weight is 490 g/mol. The summed E-state index contributed by atoms with van der Waals surface area (Å²) in [6.07, 6.45) is 0. The first-order valence-electron chi connectivity index (χ1n) is 9.30. The summed E-state index contributed by atoms with van der Waals surface area (Å²) in [5.74, 6) is 1.23. The van der Waals surface area contributed by atoms with Crippen LogP contribution in [0.3, 0.4) is 0 Å². The smallest absolute Gasteiger partial charge is 0.221 e. The summed E-state index contributed by atoms with van der Waals surface area (Å²) in [6.45, 7) is 2.40. The third-order valence-electron chi connectivity index (χ3n) is 4.36. The molecule has 3 aromatic carbocycles. The van der Waals surface area contributed by atoms with E-state index in [2.05, 4.69) is 26.6 Å². The van der Waals surface area contributed by atoms with Crippen molar-refractivity contribution in [1.29, 1.82) is 0 Å². The van der Waals surface area contributed by atoms with Crippen molar-refractivity contribution in [3.63, 3.8) is 0 Å². The fraction of sp³-hybridized carbons (Fsp3) is 0.174. The van der Waals surface area contributed by atoms with Gasteiger partial charge in [-0.1, -0.05) is 39.7 Å². The molecule has 3 rings (SSSR count). The van der Waals surface area contributed by atoms with Gasteiger partial charge in [0, 0.05) is 39.9 Å². The van der Waals surface area contributed by atoms with Gasteiger partial charge in [0.15, 0.2) is 11.5 Å². The van der Waals surface area contributed by atoms with Gasteiger partial charge in [-0.3, -0.25) is 4.79 Å². The molecule has 0 aliphatic heterocycles. The number of anilines is 2. The van der Waals surface area contributed by atoms with E-state index < -0.39 is 0 Å². The Labute approximate surface area is 189 Å². The summed E-state index contributed by atoms with van der Waals surface area (Å²) in [7, 11) is 1.62. The van der Waals surface area contributed by atoms with Crippen LogP contribution in [0.1, 0.15) is 18.1 Å². The van der Waals surface area contributed by atoms with E-state index in [1.54, 1.807) is 7.11 Å². The van der Waals surface area contributed by atoms with Gasteiger partial charge in [-0.25, -0.2) is 0 Å². The minimum absolute atomic E-state index is 0.0986. The highest BCUT2D eigenvalue weighted by molar-refractivity contribution is 9.10. The van der Waals surface area contributed by atoms with Crippen LogP contribution in [0.2, 0.25) is 5.02 Å². The molecule has 7 heteroatoms. The number of hydrogen-bond donors (Lipinski definition) is 2. The van der Waals surface area contributed by atoms with Gasteiger partial charge in [0.1, 0.15) is 6.61 Å². The molecule has 0 aliphatic carbocycles. The standard InChI is InChI=1S/C23H22BrClN2O3/c1-15(28)27-19-9-7-18(8-10-19)26-13-20-21(24)11-12-22(29-2)23(20)30-14-16-3-5-17(25)6-4-16/h3-12,26H,13-14H2,1-2H3,(H,27,28). The molecule has 1 amide bonds. The molecule has 156 valence electrons. The molecule has 0 spiro atoms. The molecule has 30 heavy (non-hydrogen) atoms. The van der Waals surface area contributed by atoms with Crippen LogP contribution >= 0.6 is 27.5 Å². The molecule has 3 aromatic rings. The van der Waals surface area contributed by atoms with E-state index in [0.717, 1.165) is 27.0 Å². The second-order valence-electron chi connectivity index (χ2n) is 6.58. The van der Waals surface area contributed by atoms with E-state index in [4.69, 9.17) is 21.1 Å². The zero-order chi connectivity index (χ0) is 21.5. The number of halogens is 2. The second kappa shape index (κ2) is 10.4. The summed E-state index contributed by atoms with van der Waals surface area (Å²) < 4.78 is 12.6. The van der Waals surface area contributed by atoms with Gasteiger partial charge in [-0.15, -0.1) is 0 Å². The third kappa shape index (κ3) is 5.90. The zero-order valence-corrected chi connectivity index (χ0v) is 19.0. The van der Waals surface area contributed by atoms with Crippen molar-refractivity contribution in [1.82, 2.24) is 0 Å². The van der Waals surface area contributed by atoms with E-state index >= 15 is 0 Å². The Balaban J connectivity index is 1.76. The van der Waals surface area contributed by atoms with E-state index in [0.29, 0.717) is 29.7 Å². The molecular formula is C23H22BrClN2O3. The lowest BCUT2D eigenvalue weighted by molar-refractivity contribution is -0.114. The lowest BCUT2D eigenvalue weighted by Crippen LogP contribution is -2.07. The molecule has 0 bridgehead atoms. The van der Waals surface area contributed by atoms with Gasteiger partial charge in [-0.2, -0.15) is 0 Å². The molecule has 0 saturated heterocycles. The van der Waals surface area contributed by atoms with Crippen molar-refractivity contribution < 1.29 is 14.3 Å². The Morgan fingerprint density at radius 1 is 1.00 bits per heavy atom. The predicted octanol–water partition coefficient (Wildman–Crippen LogP) is 6.26. The largest absolute Gasteiger partial charge is 0.493 e. The fourth-order valence-corrected chi connectivity index (χ4v) is 3.45. The summed E-state index contributed by atoms with van der Waals surface area (Å²) in [4.78, 5) is 11.2. The number of carbonyl (C=O) groups excluding carboxylic acids is 1. The quantitative estimate of drug-likeness (QED) is 0.392. The molecule has 0 fully saturated rings. The summed E-state index contributed by atoms with van der Waals surface area (Å²) in [5.41, 5.74) is 3.62. The van der Waals surface area contributed by atoms with Crippen LogP contribution in [0.25, 0.3) is 0 Å². The first-order valence-corrected chi connectivity index (χ1v) is 10.5. The minimum Gasteiger partial charge on any atom is -0.493 e. The number of rotatable bonds is 8. The lowest BCUT2D eigenvalue weighted by atomic mass is 10.1. The molecule has 0 aliphatic rings. The molecule has 5 nitrogen and oxygen atoms in total. The average Bonchev–Trinajstić information content (AvgIpc) is 2.73. The number of methoxy groups -OCH3 is 1. The maximum atomic E-state index is 11.2. The molecule has 0 radical (unpaired) electrons. The second-order valence-corrected chi connectivity index (χ2v) is 7.88. The topological polar surface area (TPSA) is 59.6 Å². The molecule has 0 atom stereocenters. The highest BCUT2D eigenvalue weighted by Crippen LogP contribution is 2.37. The Hall–Kier alpha value is -2.70. The molecule has 0 unspecified atom stereocenters. The summed E-state index contributed by atoms with van der Waals surface area (Å²) in [6, 6.07) is 18.9. The van der Waals surface area contributed by atoms with Crippen LogP contribution in [0.15, 0.2) is 65.1 Å². The maximum Gasteiger partial charge on any atom is 0.221 e. The SMILES string of the molecule is COc1ccc(Br)c(CNc2ccc(NC(C)=O)cc2)c1OCc1ccc(Cl)cc1. The Bertz CT molecular complexity index is 1010. The Morgan fingerprint density at radius 2 is 1.67 bits per heavy atom. The predicted molar refractivity (Wildman–Crippen MR) is 125 cm³/mol. The normalized spacial score (nSPS) is 10.4. The van der Waals surface area contributed by atoms with Crippen molar-refractivity contribution in [2.75, 3.05) is 17.7 Å². The first-order chi connectivity index (χ1) is 14.5. The van der Waals surface area contributed by atoms with Gasteiger partial charge in [0.25, 0.3) is 0 Å². The van der Waals surface area contributed by atoms with Crippen LogP contribution in [-0.4, -0.2) is 13.0 Å². The number of amides is 1. The van der Waals surface area contributed by atoms with Crippen LogP contribution in [0.4, 0.5) is 11.4 Å². The van der Waals surface area contributed by atoms with Crippen LogP contribution in [0, 0.1) is 0 Å². The third-order valence-corrected chi connectivity index (χ3v) is 5.35. The lowest BCUT2D eigenvalue weighted by Gasteiger charge is -2.18. The monoisotopic (exact) mass is 488 g/mol. The number of benzene rings is 3. The molecular weight excluding hydrogens is 468 g/mol. The van der Waals surface area contributed by atoms with Gasteiger partial charge in [0.05, 0.1) is 7.11 Å². The minimum atomic E-state index is -0.0986. The molecule has 2 N–H and O–H groups in total. The van der Waals surface area contributed by atoms with Crippen molar-refractivity contribution in [2.45, 2.75) is 20.1 Å². The zero-order valence-electron chi connectivity index (χ0n) is 16.7. The molecule has 0 heterocycles. The highest BCUT2D eigenvalue weighted by atomic mass is 79.9. The Morgan fingerprint density at radius 3 is 2.30 bits per heavy atom. The van der Waals surface area contributed by atoms with Gasteiger partial charge in [0.2, 0.25) is 5.91 Å². The van der Waals surface area contributed by atoms with Crippen molar-refractivity contribution in [3.8, 4) is 11.5 Å². The first kappa shape index (κ1) is 22.0. The van der Waals surface area contributed by atoms with Crippen LogP contribution < -0.4 is 20.1 Å². The van der Waals surface area contributed by atoms with E-state index in [1.807, 2.05) is 60.7 Å². The summed E-state index contributed by atoms with van der Waals surface area (Å²) >= 11 is 9.58. The maximum absolute atomic E-state index is 11.2. The van der Waals surface area contributed by atoms with E-state index in [-0.39, 0.29) is 5.91 Å². The van der Waals surface area contributed by atoms with Crippen LogP contribution in [-0.2, 0) is 17.9 Å². The summed E-state index contributed by atoms with van der Waals surface area (Å²) in [5, 5.41) is 6.83. The number of carbonyl (C=O) groups is 1. The number of hydrogen-bond acceptors (Lipinski definition) is 4. The number of ether oxygens (including phenoxy) is 2. The van der Waals surface area contributed by atoms with E-state index in [9.17, 15) is 4.79 Å². The van der Waals surface area contributed by atoms with Crippen molar-refractivity contribution >= 4 is 44.8 Å². The van der Waals surface area contributed by atoms with Crippen molar-refractivity contribution in [2.24, 2.45) is 0 Å². The van der Waals surface area contributed by atoms with E-state index in [1.165, 1.54) is 6.92 Å². The highest BCUT2D eigenvalue weighted by Gasteiger charge is 2.15. The molecule has 0 aromatic heterocycles. The fourth-order valence-electron chi connectivity index (χ4n) is 2.87. The molecule has 0 saturated carbocycles. The van der Waals surface area contributed by atoms with Gasteiger partial charge < -0.3 is 20.1 Å². The van der Waals surface area contributed by atoms with Gasteiger partial charge >= 0.3 is 0 Å². The van der Waals surface area contributed by atoms with Crippen molar-refractivity contribution in [3.05, 3.63) is 81.3 Å². The van der Waals surface area contributed by atoms with Gasteiger partial charge in [-0.05, 0) is 54.1 Å². The number of nitrogens with one attached hydrogen (secondary N) is 2. The van der Waals surface area contributed by atoms with Crippen LogP contribution in [0.5, 0.6) is 11.5 Å².